The number of amides is 1. The summed E-state index contributed by atoms with van der Waals surface area (Å²) >= 11 is 0. The molecule has 2 aromatic rings. The van der Waals surface area contributed by atoms with Crippen molar-refractivity contribution < 1.29 is 22.7 Å². The number of ketones is 1. The molecule has 0 radical (unpaired) electrons. The second-order valence-corrected chi connectivity index (χ2v) is 14.4. The quantitative estimate of drug-likeness (QED) is 0.435. The molecule has 0 bridgehead atoms. The first-order valence-corrected chi connectivity index (χ1v) is 17.0. The predicted molar refractivity (Wildman–Crippen MR) is 167 cm³/mol. The summed E-state index contributed by atoms with van der Waals surface area (Å²) in [4.78, 5) is 27.0. The van der Waals surface area contributed by atoms with Crippen LogP contribution in [0.2, 0.25) is 0 Å². The summed E-state index contributed by atoms with van der Waals surface area (Å²) in [6.07, 6.45) is 18.2. The second kappa shape index (κ2) is 12.5. The van der Waals surface area contributed by atoms with Gasteiger partial charge in [0.2, 0.25) is 5.91 Å². The number of nitrogens with zero attached hydrogens (tertiary/aromatic N) is 2. The van der Waals surface area contributed by atoms with Crippen LogP contribution in [-0.4, -0.2) is 68.9 Å². The maximum absolute atomic E-state index is 13.8. The second-order valence-electron chi connectivity index (χ2n) is 12.4. The van der Waals surface area contributed by atoms with Crippen LogP contribution in [0, 0.1) is 5.92 Å². The fourth-order valence-corrected chi connectivity index (χ4v) is 7.66. The molecule has 1 amide bonds. The Hall–Kier alpha value is -3.05. The minimum Gasteiger partial charge on any atom is -0.381 e. The minimum atomic E-state index is -3.73. The van der Waals surface area contributed by atoms with E-state index in [1.54, 1.807) is 0 Å². The van der Waals surface area contributed by atoms with E-state index in [2.05, 4.69) is 45.0 Å². The van der Waals surface area contributed by atoms with Crippen molar-refractivity contribution in [3.05, 3.63) is 71.0 Å². The fourth-order valence-electron chi connectivity index (χ4n) is 7.09. The largest absolute Gasteiger partial charge is 0.381 e. The molecular formula is C33H42N4O5S. The standard InChI is InChI=1S/C33H42N4O5S/c1-36(2)43(40,41)34-20-30(38)24-12-13-28-29(19-24)37-21-25(33(39)35-26-14-16-42-17-15-26)18-23-10-6-7-11-27(23)32(37)31(28)22-8-4-3-5-9-22/h6-7,10-13,18-19,22-23,26-27,34H,3-5,8-9,14-17,20-21H2,1-2H3,(H,35,39). The number of allylic oxidation sites excluding steroid dienone is 5. The summed E-state index contributed by atoms with van der Waals surface area (Å²) in [6.45, 7) is 1.39. The van der Waals surface area contributed by atoms with E-state index in [1.165, 1.54) is 44.6 Å². The number of rotatable bonds is 8. The lowest BCUT2D eigenvalue weighted by molar-refractivity contribution is -0.119. The number of hydrogen-bond donors (Lipinski definition) is 2. The Morgan fingerprint density at radius 1 is 1.02 bits per heavy atom. The SMILES string of the molecule is CN(C)S(=O)(=O)NCC(=O)c1ccc2c(C3CCCCC3)c3n(c2c1)CC(C(=O)NC1CCOCC1)=CC1C=CC=CC31. The summed E-state index contributed by atoms with van der Waals surface area (Å²) in [5.41, 5.74) is 4.67. The van der Waals surface area contributed by atoms with Crippen LogP contribution in [0.5, 0.6) is 0 Å². The lowest BCUT2D eigenvalue weighted by Gasteiger charge is -2.28. The van der Waals surface area contributed by atoms with E-state index in [4.69, 9.17) is 4.74 Å². The molecule has 6 rings (SSSR count). The van der Waals surface area contributed by atoms with E-state index < -0.39 is 10.2 Å². The highest BCUT2D eigenvalue weighted by atomic mass is 32.2. The van der Waals surface area contributed by atoms with Gasteiger partial charge in [0.05, 0.1) is 13.1 Å². The molecule has 230 valence electrons. The van der Waals surface area contributed by atoms with Crippen molar-refractivity contribution in [3.8, 4) is 0 Å². The van der Waals surface area contributed by atoms with Gasteiger partial charge in [-0.15, -0.1) is 0 Å². The summed E-state index contributed by atoms with van der Waals surface area (Å²) in [5, 5.41) is 4.39. The van der Waals surface area contributed by atoms with Crippen LogP contribution in [0.4, 0.5) is 0 Å². The van der Waals surface area contributed by atoms with E-state index >= 15 is 0 Å². The average molecular weight is 607 g/mol. The van der Waals surface area contributed by atoms with Gasteiger partial charge in [0.1, 0.15) is 0 Å². The van der Waals surface area contributed by atoms with Crippen LogP contribution in [-0.2, 0) is 26.3 Å². The topological polar surface area (TPSA) is 110 Å². The zero-order valence-corrected chi connectivity index (χ0v) is 25.9. The third-order valence-corrected chi connectivity index (χ3v) is 10.9. The van der Waals surface area contributed by atoms with Gasteiger partial charge in [-0.3, -0.25) is 9.59 Å². The van der Waals surface area contributed by atoms with Gasteiger partial charge in [-0.1, -0.05) is 61.8 Å². The fraction of sp³-hybridized carbons (Fsp3) is 0.515. The molecule has 2 aliphatic heterocycles. The first kappa shape index (κ1) is 30.0. The molecule has 3 heterocycles. The minimum absolute atomic E-state index is 0.0483. The number of nitrogens with one attached hydrogen (secondary N) is 2. The third-order valence-electron chi connectivity index (χ3n) is 9.44. The number of fused-ring (bicyclic) bond motifs is 5. The summed E-state index contributed by atoms with van der Waals surface area (Å²) in [7, 11) is -0.885. The molecule has 43 heavy (non-hydrogen) atoms. The number of ether oxygens (including phenoxy) is 1. The van der Waals surface area contributed by atoms with Crippen molar-refractivity contribution in [3.63, 3.8) is 0 Å². The summed E-state index contributed by atoms with van der Waals surface area (Å²) < 4.78 is 35.7. The van der Waals surface area contributed by atoms with Gasteiger partial charge in [0, 0.05) is 72.9 Å². The summed E-state index contributed by atoms with van der Waals surface area (Å²) in [5.74, 6) is 0.192. The molecule has 0 spiro atoms. The molecular weight excluding hydrogens is 564 g/mol. The first-order chi connectivity index (χ1) is 20.7. The van der Waals surface area contributed by atoms with Crippen molar-refractivity contribution in [2.75, 3.05) is 33.9 Å². The van der Waals surface area contributed by atoms with Crippen molar-refractivity contribution >= 4 is 32.8 Å². The first-order valence-electron chi connectivity index (χ1n) is 15.5. The van der Waals surface area contributed by atoms with Crippen molar-refractivity contribution in [1.82, 2.24) is 18.9 Å². The number of benzene rings is 1. The molecule has 4 aliphatic rings. The van der Waals surface area contributed by atoms with Crippen molar-refractivity contribution in [2.45, 2.75) is 69.4 Å². The normalized spacial score (nSPS) is 23.1. The molecule has 2 unspecified atom stereocenters. The number of aromatic nitrogens is 1. The number of carbonyl (C=O) groups excluding carboxylic acids is 2. The highest BCUT2D eigenvalue weighted by Gasteiger charge is 2.35. The van der Waals surface area contributed by atoms with E-state index in [-0.39, 0.29) is 36.1 Å². The zero-order valence-electron chi connectivity index (χ0n) is 25.1. The van der Waals surface area contributed by atoms with Crippen LogP contribution >= 0.6 is 0 Å². The predicted octanol–water partition coefficient (Wildman–Crippen LogP) is 4.33. The molecule has 2 aliphatic carbocycles. The highest BCUT2D eigenvalue weighted by Crippen LogP contribution is 2.47. The lowest BCUT2D eigenvalue weighted by atomic mass is 9.77. The Morgan fingerprint density at radius 2 is 1.77 bits per heavy atom. The number of hydrogen-bond acceptors (Lipinski definition) is 5. The van der Waals surface area contributed by atoms with Gasteiger partial charge in [-0.2, -0.15) is 17.4 Å². The summed E-state index contributed by atoms with van der Waals surface area (Å²) in [6, 6.07) is 5.85. The average Bonchev–Trinajstić information content (AvgIpc) is 3.22. The molecule has 1 aromatic carbocycles. The van der Waals surface area contributed by atoms with Gasteiger partial charge < -0.3 is 14.6 Å². The Balaban J connectivity index is 1.43. The monoisotopic (exact) mass is 606 g/mol. The van der Waals surface area contributed by atoms with E-state index in [0.717, 1.165) is 46.5 Å². The molecule has 1 saturated carbocycles. The molecule has 2 fully saturated rings. The van der Waals surface area contributed by atoms with Crippen molar-refractivity contribution in [1.29, 1.82) is 0 Å². The molecule has 9 nitrogen and oxygen atoms in total. The van der Waals surface area contributed by atoms with E-state index in [9.17, 15) is 18.0 Å². The maximum atomic E-state index is 13.8. The van der Waals surface area contributed by atoms with Crippen LogP contribution in [0.3, 0.4) is 0 Å². The van der Waals surface area contributed by atoms with Crippen LogP contribution in [0.1, 0.15) is 78.4 Å². The van der Waals surface area contributed by atoms with Gasteiger partial charge >= 0.3 is 0 Å². The third kappa shape index (κ3) is 6.16. The van der Waals surface area contributed by atoms with Gasteiger partial charge in [0.15, 0.2) is 5.78 Å². The highest BCUT2D eigenvalue weighted by molar-refractivity contribution is 7.87. The maximum Gasteiger partial charge on any atom is 0.279 e. The van der Waals surface area contributed by atoms with Gasteiger partial charge in [0.25, 0.3) is 10.2 Å². The molecule has 1 saturated heterocycles. The van der Waals surface area contributed by atoms with Crippen molar-refractivity contribution in [2.24, 2.45) is 5.92 Å². The van der Waals surface area contributed by atoms with Crippen LogP contribution in [0.25, 0.3) is 10.9 Å². The van der Waals surface area contributed by atoms with E-state index in [0.29, 0.717) is 31.2 Å². The van der Waals surface area contributed by atoms with E-state index in [1.807, 2.05) is 18.2 Å². The van der Waals surface area contributed by atoms with Crippen LogP contribution < -0.4 is 10.0 Å². The smallest absolute Gasteiger partial charge is 0.279 e. The Bertz CT molecular complexity index is 1590. The number of Topliss-reactive ketones (excluding diaryl/α,β-unsaturated/α-hetero) is 1. The Morgan fingerprint density at radius 3 is 2.51 bits per heavy atom. The Labute approximate surface area is 254 Å². The van der Waals surface area contributed by atoms with Gasteiger partial charge in [-0.05, 0) is 43.2 Å². The molecule has 2 atom stereocenters. The molecule has 1 aromatic heterocycles. The Kier molecular flexibility index (Phi) is 8.73. The lowest BCUT2D eigenvalue weighted by Crippen LogP contribution is -2.40. The van der Waals surface area contributed by atoms with Gasteiger partial charge in [-0.25, -0.2) is 0 Å². The zero-order chi connectivity index (χ0) is 30.1. The number of carbonyl (C=O) groups is 2. The molecule has 2 N–H and O–H groups in total. The van der Waals surface area contributed by atoms with Crippen LogP contribution in [0.15, 0.2) is 54.2 Å². The molecule has 10 heteroatoms.